The van der Waals surface area contributed by atoms with Gasteiger partial charge in [-0.2, -0.15) is 10.2 Å². The van der Waals surface area contributed by atoms with Crippen LogP contribution in [0.2, 0.25) is 0 Å². The Morgan fingerprint density at radius 2 is 1.04 bits per heavy atom. The number of aliphatic imine (C=N–C) groups is 1. The molecule has 0 spiro atoms. The van der Waals surface area contributed by atoms with Crippen LogP contribution in [0.5, 0.6) is 0 Å². The summed E-state index contributed by atoms with van der Waals surface area (Å²) in [6.45, 7) is 4.06. The molecule has 2 heterocycles. The van der Waals surface area contributed by atoms with Crippen LogP contribution in [0.25, 0.3) is 11.4 Å². The van der Waals surface area contributed by atoms with E-state index in [1.165, 1.54) is 0 Å². The molecule has 0 amide bonds. The molecule has 7 aromatic rings. The van der Waals surface area contributed by atoms with Crippen LogP contribution in [0.3, 0.4) is 0 Å². The maximum atomic E-state index is 11.6. The first-order chi connectivity index (χ1) is 23.6. The van der Waals surface area contributed by atoms with Crippen molar-refractivity contribution in [2.24, 2.45) is 4.99 Å². The van der Waals surface area contributed by atoms with E-state index in [2.05, 4.69) is 29.6 Å². The monoisotopic (exact) mass is 628 g/mol. The third-order valence-corrected chi connectivity index (χ3v) is 8.42. The van der Waals surface area contributed by atoms with E-state index in [0.29, 0.717) is 5.82 Å². The Morgan fingerprint density at radius 3 is 1.62 bits per heavy atom. The zero-order valence-electron chi connectivity index (χ0n) is 26.8. The van der Waals surface area contributed by atoms with Crippen LogP contribution >= 0.6 is 0 Å². The van der Waals surface area contributed by atoms with Crippen molar-refractivity contribution in [2.45, 2.75) is 26.0 Å². The summed E-state index contributed by atoms with van der Waals surface area (Å²) in [6, 6.07) is 50.2. The molecule has 7 heteroatoms. The maximum Gasteiger partial charge on any atom is 0.160 e. The topological polar surface area (TPSA) is 80.3 Å². The van der Waals surface area contributed by atoms with Crippen LogP contribution < -0.4 is 5.32 Å². The molecule has 7 rings (SSSR count). The summed E-state index contributed by atoms with van der Waals surface area (Å²) >= 11 is 0. The van der Waals surface area contributed by atoms with Gasteiger partial charge in [0.1, 0.15) is 5.82 Å². The molecule has 48 heavy (non-hydrogen) atoms. The summed E-state index contributed by atoms with van der Waals surface area (Å²) in [5.41, 5.74) is 8.11. The number of rotatable bonds is 10. The number of aromatic nitrogens is 4. The number of aliphatic hydroxyl groups excluding tert-OH is 1. The SMILES string of the molecule is Cc1nn(-c2ccccc2)c(/N=C\c2ccccc2)c1C(c1ccccc1)c1c(C)nn(-c2ccccc2)c1NC(O)c1ccccc1. The van der Waals surface area contributed by atoms with Crippen LogP contribution in [0, 0.1) is 13.8 Å². The van der Waals surface area contributed by atoms with E-state index in [1.807, 2.05) is 157 Å². The van der Waals surface area contributed by atoms with E-state index in [-0.39, 0.29) is 5.92 Å². The summed E-state index contributed by atoms with van der Waals surface area (Å²) in [6.07, 6.45) is 0.906. The minimum absolute atomic E-state index is 0.338. The molecule has 0 aliphatic carbocycles. The average Bonchev–Trinajstić information content (AvgIpc) is 3.65. The second-order valence-electron chi connectivity index (χ2n) is 11.6. The van der Waals surface area contributed by atoms with Crippen molar-refractivity contribution in [1.82, 2.24) is 19.6 Å². The van der Waals surface area contributed by atoms with Crippen molar-refractivity contribution in [3.8, 4) is 11.4 Å². The number of hydrogen-bond acceptors (Lipinski definition) is 5. The Balaban J connectivity index is 1.49. The predicted octanol–water partition coefficient (Wildman–Crippen LogP) is 8.71. The zero-order valence-corrected chi connectivity index (χ0v) is 26.8. The maximum absolute atomic E-state index is 11.6. The minimum atomic E-state index is -0.983. The van der Waals surface area contributed by atoms with Gasteiger partial charge in [-0.05, 0) is 49.2 Å². The lowest BCUT2D eigenvalue weighted by Gasteiger charge is -2.23. The summed E-state index contributed by atoms with van der Waals surface area (Å²) in [5.74, 6) is 1.07. The molecular weight excluding hydrogens is 592 g/mol. The lowest BCUT2D eigenvalue weighted by atomic mass is 9.84. The molecule has 2 aromatic heterocycles. The van der Waals surface area contributed by atoms with E-state index in [0.717, 1.165) is 56.4 Å². The normalized spacial score (nSPS) is 12.6. The first kappa shape index (κ1) is 30.6. The molecule has 0 aliphatic rings. The summed E-state index contributed by atoms with van der Waals surface area (Å²) < 4.78 is 3.81. The highest BCUT2D eigenvalue weighted by Crippen LogP contribution is 2.45. The van der Waals surface area contributed by atoms with Crippen molar-refractivity contribution in [3.05, 3.63) is 191 Å². The van der Waals surface area contributed by atoms with Gasteiger partial charge >= 0.3 is 0 Å². The van der Waals surface area contributed by atoms with Crippen molar-refractivity contribution in [1.29, 1.82) is 0 Å². The fourth-order valence-corrected chi connectivity index (χ4v) is 6.16. The minimum Gasteiger partial charge on any atom is -0.369 e. The molecule has 0 fully saturated rings. The number of hydrogen-bond donors (Lipinski definition) is 2. The average molecular weight is 629 g/mol. The third-order valence-electron chi connectivity index (χ3n) is 8.42. The van der Waals surface area contributed by atoms with Gasteiger partial charge in [0.2, 0.25) is 0 Å². The smallest absolute Gasteiger partial charge is 0.160 e. The highest BCUT2D eigenvalue weighted by Gasteiger charge is 2.33. The van der Waals surface area contributed by atoms with Crippen LogP contribution in [-0.4, -0.2) is 30.9 Å². The fourth-order valence-electron chi connectivity index (χ4n) is 6.16. The van der Waals surface area contributed by atoms with Gasteiger partial charge in [-0.25, -0.2) is 14.4 Å². The van der Waals surface area contributed by atoms with Crippen LogP contribution in [0.15, 0.2) is 157 Å². The second-order valence-corrected chi connectivity index (χ2v) is 11.6. The number of aryl methyl sites for hydroxylation is 2. The van der Waals surface area contributed by atoms with E-state index < -0.39 is 6.23 Å². The van der Waals surface area contributed by atoms with Crippen molar-refractivity contribution < 1.29 is 5.11 Å². The first-order valence-corrected chi connectivity index (χ1v) is 16.0. The van der Waals surface area contributed by atoms with Crippen molar-refractivity contribution in [2.75, 3.05) is 5.32 Å². The number of aliphatic hydroxyl groups is 1. The van der Waals surface area contributed by atoms with Gasteiger partial charge in [0.25, 0.3) is 0 Å². The lowest BCUT2D eigenvalue weighted by Crippen LogP contribution is -2.16. The molecule has 0 radical (unpaired) electrons. The van der Waals surface area contributed by atoms with Gasteiger partial charge in [-0.3, -0.25) is 0 Å². The molecule has 0 aliphatic heterocycles. The standard InChI is InChI=1S/C41H36N6O/c1-29-36(39(42-28-31-18-8-3-9-19-31)46(44-29)34-24-14-6-15-25-34)38(32-20-10-4-11-21-32)37-30(2)45-47(35-26-16-7-17-27-35)40(37)43-41(48)33-22-12-5-13-23-33/h3-28,38,41,43,48H,1-2H3/b42-28-. The molecule has 7 nitrogen and oxygen atoms in total. The first-order valence-electron chi connectivity index (χ1n) is 16.0. The lowest BCUT2D eigenvalue weighted by molar-refractivity contribution is 0.207. The van der Waals surface area contributed by atoms with Gasteiger partial charge in [-0.15, -0.1) is 0 Å². The molecule has 2 atom stereocenters. The second kappa shape index (κ2) is 13.7. The van der Waals surface area contributed by atoms with Crippen LogP contribution in [-0.2, 0) is 0 Å². The van der Waals surface area contributed by atoms with Crippen LogP contribution in [0.4, 0.5) is 11.6 Å². The Hall–Kier alpha value is -6.05. The molecule has 2 unspecified atom stereocenters. The summed E-state index contributed by atoms with van der Waals surface area (Å²) in [7, 11) is 0. The number of anilines is 1. The van der Waals surface area contributed by atoms with E-state index >= 15 is 0 Å². The van der Waals surface area contributed by atoms with E-state index in [4.69, 9.17) is 15.2 Å². The highest BCUT2D eigenvalue weighted by molar-refractivity contribution is 5.82. The number of nitrogens with zero attached hydrogens (tertiary/aromatic N) is 5. The summed E-state index contributed by atoms with van der Waals surface area (Å²) in [5, 5.41) is 25.2. The van der Waals surface area contributed by atoms with E-state index in [1.54, 1.807) is 0 Å². The number of para-hydroxylation sites is 2. The van der Waals surface area contributed by atoms with Gasteiger partial charge in [-0.1, -0.05) is 127 Å². The Kier molecular flexibility index (Phi) is 8.76. The molecular formula is C41H36N6O. The van der Waals surface area contributed by atoms with Gasteiger partial charge in [0.15, 0.2) is 12.0 Å². The Bertz CT molecular complexity index is 2120. The fraction of sp³-hybridized carbons (Fsp3) is 0.0976. The molecule has 0 saturated heterocycles. The largest absolute Gasteiger partial charge is 0.369 e. The summed E-state index contributed by atoms with van der Waals surface area (Å²) in [4.78, 5) is 5.16. The quantitative estimate of drug-likeness (QED) is 0.117. The number of nitrogens with one attached hydrogen (secondary N) is 1. The van der Waals surface area contributed by atoms with Crippen LogP contribution in [0.1, 0.15) is 51.4 Å². The van der Waals surface area contributed by atoms with Crippen molar-refractivity contribution in [3.63, 3.8) is 0 Å². The van der Waals surface area contributed by atoms with Gasteiger partial charge in [0, 0.05) is 28.8 Å². The van der Waals surface area contributed by atoms with Crippen molar-refractivity contribution >= 4 is 17.9 Å². The molecule has 0 bridgehead atoms. The predicted molar refractivity (Wildman–Crippen MR) is 193 cm³/mol. The van der Waals surface area contributed by atoms with E-state index in [9.17, 15) is 5.11 Å². The highest BCUT2D eigenvalue weighted by atomic mass is 16.3. The molecule has 2 N–H and O–H groups in total. The molecule has 0 saturated carbocycles. The van der Waals surface area contributed by atoms with Gasteiger partial charge in [0.05, 0.1) is 22.8 Å². The Labute approximate surface area is 280 Å². The third kappa shape index (κ3) is 6.19. The van der Waals surface area contributed by atoms with Gasteiger partial charge < -0.3 is 10.4 Å². The Morgan fingerprint density at radius 1 is 0.583 bits per heavy atom. The molecule has 5 aromatic carbocycles. The zero-order chi connectivity index (χ0) is 32.9. The molecule has 236 valence electrons. The number of benzene rings is 5.